The summed E-state index contributed by atoms with van der Waals surface area (Å²) in [6.45, 7) is 5.32. The summed E-state index contributed by atoms with van der Waals surface area (Å²) < 4.78 is 37.6. The SMILES string of the molecule is C[C@@H]1CN(c2cnc(C(F)(F)F)c(N)n2)C[C@@H](C)N1. The first-order valence-corrected chi connectivity index (χ1v) is 5.98. The Morgan fingerprint density at radius 2 is 1.89 bits per heavy atom. The van der Waals surface area contributed by atoms with Crippen molar-refractivity contribution in [3.05, 3.63) is 11.9 Å². The van der Waals surface area contributed by atoms with Crippen LogP contribution in [-0.2, 0) is 6.18 Å². The molecule has 1 fully saturated rings. The van der Waals surface area contributed by atoms with Crippen LogP contribution in [0.15, 0.2) is 6.20 Å². The van der Waals surface area contributed by atoms with Crippen molar-refractivity contribution in [2.75, 3.05) is 23.7 Å². The quantitative estimate of drug-likeness (QED) is 0.807. The van der Waals surface area contributed by atoms with Crippen LogP contribution in [0, 0.1) is 0 Å². The molecule has 1 aromatic rings. The van der Waals surface area contributed by atoms with E-state index in [1.807, 2.05) is 18.7 Å². The maximum absolute atomic E-state index is 12.5. The van der Waals surface area contributed by atoms with Crippen LogP contribution in [0.4, 0.5) is 24.8 Å². The molecule has 106 valence electrons. The van der Waals surface area contributed by atoms with Crippen LogP contribution >= 0.6 is 0 Å². The Hall–Kier alpha value is -1.57. The van der Waals surface area contributed by atoms with Crippen molar-refractivity contribution in [3.8, 4) is 0 Å². The van der Waals surface area contributed by atoms with E-state index in [0.717, 1.165) is 6.20 Å². The molecule has 3 N–H and O–H groups in total. The Bertz CT molecular complexity index is 452. The van der Waals surface area contributed by atoms with Crippen molar-refractivity contribution in [3.63, 3.8) is 0 Å². The molecule has 0 saturated carbocycles. The second-order valence-electron chi connectivity index (χ2n) is 4.83. The van der Waals surface area contributed by atoms with Gasteiger partial charge < -0.3 is 16.0 Å². The number of rotatable bonds is 1. The molecular weight excluding hydrogens is 259 g/mol. The molecule has 1 aliphatic rings. The topological polar surface area (TPSA) is 67.1 Å². The third-order valence-corrected chi connectivity index (χ3v) is 2.94. The van der Waals surface area contributed by atoms with Gasteiger partial charge in [-0.1, -0.05) is 0 Å². The molecule has 2 atom stereocenters. The van der Waals surface area contributed by atoms with E-state index in [1.54, 1.807) is 0 Å². The lowest BCUT2D eigenvalue weighted by Gasteiger charge is -2.36. The van der Waals surface area contributed by atoms with Gasteiger partial charge in [-0.05, 0) is 13.8 Å². The minimum absolute atomic E-state index is 0.231. The van der Waals surface area contributed by atoms with Crippen LogP contribution in [0.3, 0.4) is 0 Å². The molecule has 0 spiro atoms. The number of halogens is 3. The van der Waals surface area contributed by atoms with Gasteiger partial charge in [0.05, 0.1) is 6.20 Å². The first-order valence-electron chi connectivity index (χ1n) is 5.98. The largest absolute Gasteiger partial charge is 0.437 e. The number of piperazine rings is 1. The van der Waals surface area contributed by atoms with Gasteiger partial charge in [0.1, 0.15) is 5.82 Å². The molecule has 0 radical (unpaired) electrons. The standard InChI is InChI=1S/C11H16F3N5/c1-6-4-19(5-7(2)17-6)8-3-16-9(10(15)18-8)11(12,13)14/h3,6-7,17H,4-5H2,1-2H3,(H2,15,18)/t6-,7-/m1/s1. The van der Waals surface area contributed by atoms with Crippen molar-refractivity contribution in [1.82, 2.24) is 15.3 Å². The van der Waals surface area contributed by atoms with Gasteiger partial charge in [-0.2, -0.15) is 13.2 Å². The normalized spacial score (nSPS) is 24.6. The summed E-state index contributed by atoms with van der Waals surface area (Å²) in [6.07, 6.45) is -3.44. The van der Waals surface area contributed by atoms with E-state index in [-0.39, 0.29) is 12.1 Å². The Morgan fingerprint density at radius 3 is 2.37 bits per heavy atom. The predicted octanol–water partition coefficient (Wildman–Crippen LogP) is 1.26. The number of alkyl halides is 3. The number of hydrogen-bond acceptors (Lipinski definition) is 5. The molecule has 0 amide bonds. The van der Waals surface area contributed by atoms with Crippen molar-refractivity contribution in [1.29, 1.82) is 0 Å². The van der Waals surface area contributed by atoms with Crippen LogP contribution in [0.2, 0.25) is 0 Å². The van der Waals surface area contributed by atoms with Crippen molar-refractivity contribution >= 4 is 11.6 Å². The summed E-state index contributed by atoms with van der Waals surface area (Å²) in [5.74, 6) is -0.200. The summed E-state index contributed by atoms with van der Waals surface area (Å²) in [5.41, 5.74) is 4.22. The summed E-state index contributed by atoms with van der Waals surface area (Å²) in [7, 11) is 0. The molecule has 5 nitrogen and oxygen atoms in total. The summed E-state index contributed by atoms with van der Waals surface area (Å²) in [6, 6.07) is 0.461. The molecule has 19 heavy (non-hydrogen) atoms. The van der Waals surface area contributed by atoms with Crippen molar-refractivity contribution in [2.24, 2.45) is 0 Å². The van der Waals surface area contributed by atoms with Crippen LogP contribution in [0.25, 0.3) is 0 Å². The highest BCUT2D eigenvalue weighted by Crippen LogP contribution is 2.31. The van der Waals surface area contributed by atoms with Crippen LogP contribution in [0.5, 0.6) is 0 Å². The highest BCUT2D eigenvalue weighted by molar-refractivity contribution is 5.47. The van der Waals surface area contributed by atoms with Crippen LogP contribution in [-0.4, -0.2) is 35.1 Å². The van der Waals surface area contributed by atoms with Crippen LogP contribution < -0.4 is 16.0 Å². The first kappa shape index (κ1) is 13.9. The molecule has 0 aliphatic carbocycles. The summed E-state index contributed by atoms with van der Waals surface area (Å²) in [5, 5.41) is 3.33. The zero-order valence-corrected chi connectivity index (χ0v) is 10.7. The van der Waals surface area contributed by atoms with Gasteiger partial charge in [-0.15, -0.1) is 0 Å². The van der Waals surface area contributed by atoms with Gasteiger partial charge in [0.2, 0.25) is 0 Å². The maximum atomic E-state index is 12.5. The Kier molecular flexibility index (Phi) is 3.53. The average molecular weight is 275 g/mol. The first-order chi connectivity index (χ1) is 8.77. The van der Waals surface area contributed by atoms with Crippen molar-refractivity contribution < 1.29 is 13.2 Å². The Morgan fingerprint density at radius 1 is 1.32 bits per heavy atom. The lowest BCUT2D eigenvalue weighted by atomic mass is 10.1. The molecule has 0 bridgehead atoms. The zero-order chi connectivity index (χ0) is 14.2. The molecule has 8 heteroatoms. The van der Waals surface area contributed by atoms with E-state index < -0.39 is 17.7 Å². The third kappa shape index (κ3) is 3.06. The van der Waals surface area contributed by atoms with E-state index in [1.165, 1.54) is 0 Å². The minimum atomic E-state index is -4.57. The molecule has 1 aromatic heterocycles. The monoisotopic (exact) mass is 275 g/mol. The predicted molar refractivity (Wildman–Crippen MR) is 65.7 cm³/mol. The van der Waals surface area contributed by atoms with Gasteiger partial charge in [0.15, 0.2) is 11.5 Å². The third-order valence-electron chi connectivity index (χ3n) is 2.94. The molecule has 0 unspecified atom stereocenters. The molecule has 0 aromatic carbocycles. The number of nitrogens with zero attached hydrogens (tertiary/aromatic N) is 3. The highest BCUT2D eigenvalue weighted by atomic mass is 19.4. The van der Waals surface area contributed by atoms with Gasteiger partial charge in [-0.3, -0.25) is 0 Å². The molecule has 1 saturated heterocycles. The van der Waals surface area contributed by atoms with E-state index in [9.17, 15) is 13.2 Å². The van der Waals surface area contributed by atoms with Crippen molar-refractivity contribution in [2.45, 2.75) is 32.1 Å². The lowest BCUT2D eigenvalue weighted by molar-refractivity contribution is -0.140. The average Bonchev–Trinajstić information content (AvgIpc) is 2.25. The van der Waals surface area contributed by atoms with Gasteiger partial charge >= 0.3 is 6.18 Å². The van der Waals surface area contributed by atoms with Gasteiger partial charge in [-0.25, -0.2) is 9.97 Å². The van der Waals surface area contributed by atoms with E-state index in [4.69, 9.17) is 5.73 Å². The summed E-state index contributed by atoms with van der Waals surface area (Å²) >= 11 is 0. The second-order valence-corrected chi connectivity index (χ2v) is 4.83. The van der Waals surface area contributed by atoms with E-state index in [2.05, 4.69) is 15.3 Å². The highest BCUT2D eigenvalue weighted by Gasteiger charge is 2.36. The molecule has 2 rings (SSSR count). The number of aromatic nitrogens is 2. The smallest absolute Gasteiger partial charge is 0.382 e. The van der Waals surface area contributed by atoms with Gasteiger partial charge in [0, 0.05) is 25.2 Å². The summed E-state index contributed by atoms with van der Waals surface area (Å²) in [4.78, 5) is 9.11. The van der Waals surface area contributed by atoms with Gasteiger partial charge in [0.25, 0.3) is 0 Å². The van der Waals surface area contributed by atoms with E-state index in [0.29, 0.717) is 18.9 Å². The number of anilines is 2. The van der Waals surface area contributed by atoms with Crippen LogP contribution in [0.1, 0.15) is 19.5 Å². The number of nitrogens with two attached hydrogens (primary N) is 1. The fourth-order valence-corrected chi connectivity index (χ4v) is 2.28. The minimum Gasteiger partial charge on any atom is -0.382 e. The lowest BCUT2D eigenvalue weighted by Crippen LogP contribution is -2.54. The molecular formula is C11H16F3N5. The second kappa shape index (κ2) is 4.84. The fraction of sp³-hybridized carbons (Fsp3) is 0.636. The zero-order valence-electron chi connectivity index (χ0n) is 10.7. The number of hydrogen-bond donors (Lipinski definition) is 2. The maximum Gasteiger partial charge on any atom is 0.437 e. The Labute approximate surface area is 109 Å². The molecule has 2 heterocycles. The Balaban J connectivity index is 2.25. The fourth-order valence-electron chi connectivity index (χ4n) is 2.28. The number of nitrogens with one attached hydrogen (secondary N) is 1. The van der Waals surface area contributed by atoms with E-state index >= 15 is 0 Å². The molecule has 1 aliphatic heterocycles. The number of nitrogen functional groups attached to an aromatic ring is 1.